The minimum atomic E-state index is 0.942. The van der Waals surface area contributed by atoms with Crippen LogP contribution in [-0.2, 0) is 13.0 Å². The van der Waals surface area contributed by atoms with Gasteiger partial charge in [0.2, 0.25) is 0 Å². The fourth-order valence-corrected chi connectivity index (χ4v) is 2.35. The number of nitrogens with zero attached hydrogens (tertiary/aromatic N) is 1. The predicted molar refractivity (Wildman–Crippen MR) is 87.9 cm³/mol. The van der Waals surface area contributed by atoms with E-state index in [1.54, 1.807) is 0 Å². The molecule has 21 heavy (non-hydrogen) atoms. The normalized spacial score (nSPS) is 10.0. The summed E-state index contributed by atoms with van der Waals surface area (Å²) in [6.07, 6.45) is 8.68. The van der Waals surface area contributed by atoms with Crippen molar-refractivity contribution < 1.29 is 4.57 Å². The fraction of sp³-hybridized carbons (Fsp3) is 0.350. The zero-order valence-electron chi connectivity index (χ0n) is 13.1. The van der Waals surface area contributed by atoms with Gasteiger partial charge in [0.1, 0.15) is 6.54 Å². The number of pyridine rings is 1. The zero-order chi connectivity index (χ0) is 14.9. The van der Waals surface area contributed by atoms with Gasteiger partial charge in [0.25, 0.3) is 0 Å². The van der Waals surface area contributed by atoms with Gasteiger partial charge in [-0.2, -0.15) is 0 Å². The topological polar surface area (TPSA) is 3.88 Å². The van der Waals surface area contributed by atoms with E-state index in [2.05, 4.69) is 79.0 Å². The molecule has 0 aliphatic carbocycles. The predicted octanol–water partition coefficient (Wildman–Crippen LogP) is 4.07. The van der Waals surface area contributed by atoms with Gasteiger partial charge in [-0.05, 0) is 37.1 Å². The van der Waals surface area contributed by atoms with Gasteiger partial charge in [0.05, 0.1) is 0 Å². The van der Waals surface area contributed by atoms with Crippen LogP contribution in [0.15, 0.2) is 48.8 Å². The van der Waals surface area contributed by atoms with E-state index in [0.717, 1.165) is 31.4 Å². The Hall–Kier alpha value is -2.07. The molecule has 0 aliphatic heterocycles. The number of aromatic nitrogens is 1. The lowest BCUT2D eigenvalue weighted by Crippen LogP contribution is -2.32. The van der Waals surface area contributed by atoms with E-state index >= 15 is 0 Å². The average Bonchev–Trinajstić information content (AvgIpc) is 2.49. The van der Waals surface area contributed by atoms with Gasteiger partial charge in [-0.25, -0.2) is 4.57 Å². The molecule has 108 valence electrons. The van der Waals surface area contributed by atoms with Crippen LogP contribution in [0.4, 0.5) is 0 Å². The number of aryl methyl sites for hydroxylation is 3. The largest absolute Gasteiger partial charge is 0.205 e. The summed E-state index contributed by atoms with van der Waals surface area (Å²) in [6, 6.07) is 12.9. The highest BCUT2D eigenvalue weighted by Gasteiger charge is 1.98. The molecule has 1 heterocycles. The fourth-order valence-electron chi connectivity index (χ4n) is 2.35. The Labute approximate surface area is 128 Å². The molecule has 0 fully saturated rings. The van der Waals surface area contributed by atoms with Crippen molar-refractivity contribution >= 4 is 0 Å². The summed E-state index contributed by atoms with van der Waals surface area (Å²) in [4.78, 5) is 0. The molecule has 0 bridgehead atoms. The SMILES string of the molecule is CCCc1ccc(C#CCCC[n+]2cccc(C)c2)cc1. The van der Waals surface area contributed by atoms with Gasteiger partial charge >= 0.3 is 0 Å². The first kappa shape index (κ1) is 15.3. The van der Waals surface area contributed by atoms with E-state index in [9.17, 15) is 0 Å². The maximum Gasteiger partial charge on any atom is 0.171 e. The van der Waals surface area contributed by atoms with Gasteiger partial charge in [-0.15, -0.1) is 0 Å². The van der Waals surface area contributed by atoms with Gasteiger partial charge in [-0.3, -0.25) is 0 Å². The second kappa shape index (κ2) is 8.27. The Balaban J connectivity index is 1.78. The number of hydrogen-bond donors (Lipinski definition) is 0. The minimum Gasteiger partial charge on any atom is -0.205 e. The molecule has 2 rings (SSSR count). The summed E-state index contributed by atoms with van der Waals surface area (Å²) in [5.41, 5.74) is 3.83. The molecule has 1 aromatic carbocycles. The van der Waals surface area contributed by atoms with Crippen LogP contribution < -0.4 is 4.57 Å². The van der Waals surface area contributed by atoms with E-state index in [4.69, 9.17) is 0 Å². The van der Waals surface area contributed by atoms with Crippen molar-refractivity contribution in [1.82, 2.24) is 0 Å². The van der Waals surface area contributed by atoms with Crippen LogP contribution in [0.25, 0.3) is 0 Å². The van der Waals surface area contributed by atoms with Crippen LogP contribution in [0.5, 0.6) is 0 Å². The van der Waals surface area contributed by atoms with Crippen molar-refractivity contribution in [3.63, 3.8) is 0 Å². The number of hydrogen-bond acceptors (Lipinski definition) is 0. The Kier molecular flexibility index (Phi) is 6.03. The molecular formula is C20H24N+. The highest BCUT2D eigenvalue weighted by atomic mass is 14.9. The monoisotopic (exact) mass is 278 g/mol. The Morgan fingerprint density at radius 2 is 1.90 bits per heavy atom. The molecular weight excluding hydrogens is 254 g/mol. The van der Waals surface area contributed by atoms with Crippen molar-refractivity contribution in [2.24, 2.45) is 0 Å². The highest BCUT2D eigenvalue weighted by molar-refractivity contribution is 5.36. The molecule has 1 nitrogen and oxygen atoms in total. The summed E-state index contributed by atoms with van der Waals surface area (Å²) in [5.74, 6) is 6.53. The van der Waals surface area contributed by atoms with Crippen molar-refractivity contribution in [2.45, 2.75) is 46.1 Å². The maximum absolute atomic E-state index is 3.27. The Morgan fingerprint density at radius 3 is 2.62 bits per heavy atom. The number of rotatable bonds is 5. The molecule has 0 radical (unpaired) electrons. The van der Waals surface area contributed by atoms with Crippen LogP contribution in [-0.4, -0.2) is 0 Å². The second-order valence-electron chi connectivity index (χ2n) is 5.47. The van der Waals surface area contributed by atoms with E-state index in [1.807, 2.05) is 0 Å². The van der Waals surface area contributed by atoms with E-state index in [1.165, 1.54) is 17.5 Å². The highest BCUT2D eigenvalue weighted by Crippen LogP contribution is 2.05. The summed E-state index contributed by atoms with van der Waals surface area (Å²) in [5, 5.41) is 0. The maximum atomic E-state index is 3.27. The van der Waals surface area contributed by atoms with Gasteiger partial charge < -0.3 is 0 Å². The molecule has 0 atom stereocenters. The third-order valence-electron chi connectivity index (χ3n) is 3.45. The third-order valence-corrected chi connectivity index (χ3v) is 3.45. The molecule has 0 saturated heterocycles. The lowest BCUT2D eigenvalue weighted by molar-refractivity contribution is -0.697. The molecule has 1 aromatic heterocycles. The van der Waals surface area contributed by atoms with Crippen molar-refractivity contribution in [3.8, 4) is 11.8 Å². The quantitative estimate of drug-likeness (QED) is 0.441. The lowest BCUT2D eigenvalue weighted by Gasteiger charge is -1.97. The van der Waals surface area contributed by atoms with Crippen LogP contribution in [0, 0.1) is 18.8 Å². The van der Waals surface area contributed by atoms with Gasteiger partial charge in [-0.1, -0.05) is 37.3 Å². The second-order valence-corrected chi connectivity index (χ2v) is 5.47. The summed E-state index contributed by atoms with van der Waals surface area (Å²) in [7, 11) is 0. The molecule has 0 N–H and O–H groups in total. The lowest BCUT2D eigenvalue weighted by atomic mass is 10.1. The van der Waals surface area contributed by atoms with Gasteiger partial charge in [0.15, 0.2) is 12.4 Å². The number of benzene rings is 1. The van der Waals surface area contributed by atoms with Crippen molar-refractivity contribution in [3.05, 3.63) is 65.5 Å². The summed E-state index contributed by atoms with van der Waals surface area (Å²) in [6.45, 7) is 5.37. The first-order valence-corrected chi connectivity index (χ1v) is 7.81. The third kappa shape index (κ3) is 5.44. The average molecular weight is 278 g/mol. The summed E-state index contributed by atoms with van der Waals surface area (Å²) < 4.78 is 2.23. The van der Waals surface area contributed by atoms with Crippen LogP contribution >= 0.6 is 0 Å². The van der Waals surface area contributed by atoms with Crippen molar-refractivity contribution in [2.75, 3.05) is 0 Å². The van der Waals surface area contributed by atoms with Crippen LogP contribution in [0.2, 0.25) is 0 Å². The Morgan fingerprint density at radius 1 is 1.10 bits per heavy atom. The molecule has 0 unspecified atom stereocenters. The first-order chi connectivity index (χ1) is 10.3. The smallest absolute Gasteiger partial charge is 0.171 e. The first-order valence-electron chi connectivity index (χ1n) is 7.81. The van der Waals surface area contributed by atoms with Crippen molar-refractivity contribution in [1.29, 1.82) is 0 Å². The summed E-state index contributed by atoms with van der Waals surface area (Å²) >= 11 is 0. The van der Waals surface area contributed by atoms with Gasteiger partial charge in [0, 0.05) is 30.0 Å². The molecule has 0 aliphatic rings. The van der Waals surface area contributed by atoms with E-state index < -0.39 is 0 Å². The molecule has 0 saturated carbocycles. The van der Waals surface area contributed by atoms with E-state index in [0.29, 0.717) is 0 Å². The molecule has 0 spiro atoms. The Bertz CT molecular complexity index is 614. The van der Waals surface area contributed by atoms with E-state index in [-0.39, 0.29) is 0 Å². The molecule has 1 heteroatoms. The minimum absolute atomic E-state index is 0.942. The number of unbranched alkanes of at least 4 members (excludes halogenated alkanes) is 1. The zero-order valence-corrected chi connectivity index (χ0v) is 13.1. The standard InChI is InChI=1S/C20H24N/c1-3-8-19-11-13-20(14-12-19)10-5-4-6-15-21-16-7-9-18(2)17-21/h7,9,11-14,16-17H,3-4,6,8,15H2,1-2H3/q+1. The molecule has 0 amide bonds. The van der Waals surface area contributed by atoms with Crippen LogP contribution in [0.1, 0.15) is 42.9 Å². The van der Waals surface area contributed by atoms with Crippen LogP contribution in [0.3, 0.4) is 0 Å². The molecule has 2 aromatic rings.